The Kier molecular flexibility index (Phi) is 14.9. The van der Waals surface area contributed by atoms with E-state index in [-0.39, 0.29) is 5.97 Å². The second-order valence-corrected chi connectivity index (χ2v) is 7.51. The summed E-state index contributed by atoms with van der Waals surface area (Å²) in [7, 11) is 0. The van der Waals surface area contributed by atoms with Crippen LogP contribution in [-0.2, 0) is 9.53 Å². The van der Waals surface area contributed by atoms with E-state index in [1.165, 1.54) is 51.4 Å². The van der Waals surface area contributed by atoms with Gasteiger partial charge >= 0.3 is 5.97 Å². The van der Waals surface area contributed by atoms with Gasteiger partial charge in [0.1, 0.15) is 6.61 Å². The predicted octanol–water partition coefficient (Wildman–Crippen LogP) is 5.84. The van der Waals surface area contributed by atoms with Crippen LogP contribution in [0.15, 0.2) is 12.2 Å². The molecule has 3 heteroatoms. The second-order valence-electron chi connectivity index (χ2n) is 7.51. The molecule has 0 rings (SSSR count). The Balaban J connectivity index is 4.65. The van der Waals surface area contributed by atoms with Crippen LogP contribution in [0.5, 0.6) is 0 Å². The number of ether oxygens (including phenoxy) is 1. The molecule has 2 unspecified atom stereocenters. The highest BCUT2D eigenvalue weighted by Gasteiger charge is 2.17. The van der Waals surface area contributed by atoms with Crippen molar-refractivity contribution in [1.29, 1.82) is 0 Å². The van der Waals surface area contributed by atoms with E-state index in [4.69, 9.17) is 4.74 Å². The quantitative estimate of drug-likeness (QED) is 0.258. The fraction of sp³-hybridized carbons (Fsp3) is 0.864. The minimum Gasteiger partial charge on any atom is -0.461 e. The van der Waals surface area contributed by atoms with Gasteiger partial charge in [-0.25, -0.2) is 4.79 Å². The van der Waals surface area contributed by atoms with Gasteiger partial charge in [-0.1, -0.05) is 72.8 Å². The van der Waals surface area contributed by atoms with Gasteiger partial charge in [0.25, 0.3) is 0 Å². The Labute approximate surface area is 157 Å². The van der Waals surface area contributed by atoms with Crippen LogP contribution in [-0.4, -0.2) is 37.1 Å². The smallest absolute Gasteiger partial charge is 0.333 e. The molecular formula is C22H43NO2. The SMILES string of the molecule is C=C(C)C(=O)OCCN(CC(CC)CCCC)CC(CC)CCCC. The van der Waals surface area contributed by atoms with Crippen LogP contribution in [0.4, 0.5) is 0 Å². The zero-order valence-corrected chi connectivity index (χ0v) is 17.6. The van der Waals surface area contributed by atoms with E-state index in [0.717, 1.165) is 31.5 Å². The minimum absolute atomic E-state index is 0.268. The molecule has 0 aromatic heterocycles. The number of rotatable bonds is 16. The average Bonchev–Trinajstić information content (AvgIpc) is 2.61. The van der Waals surface area contributed by atoms with Crippen LogP contribution in [0.1, 0.15) is 86.0 Å². The van der Waals surface area contributed by atoms with Crippen LogP contribution in [0.2, 0.25) is 0 Å². The first-order valence-corrected chi connectivity index (χ1v) is 10.5. The molecule has 148 valence electrons. The first-order valence-electron chi connectivity index (χ1n) is 10.5. The van der Waals surface area contributed by atoms with Crippen molar-refractivity contribution in [3.63, 3.8) is 0 Å². The molecular weight excluding hydrogens is 310 g/mol. The third-order valence-corrected chi connectivity index (χ3v) is 5.11. The van der Waals surface area contributed by atoms with Crippen molar-refractivity contribution in [2.24, 2.45) is 11.8 Å². The van der Waals surface area contributed by atoms with E-state index in [1.54, 1.807) is 6.92 Å². The van der Waals surface area contributed by atoms with Gasteiger partial charge in [-0.2, -0.15) is 0 Å². The lowest BCUT2D eigenvalue weighted by Crippen LogP contribution is -2.36. The van der Waals surface area contributed by atoms with Crippen LogP contribution in [0, 0.1) is 11.8 Å². The zero-order chi connectivity index (χ0) is 19.1. The Morgan fingerprint density at radius 3 is 1.80 bits per heavy atom. The van der Waals surface area contributed by atoms with Gasteiger partial charge in [-0.05, 0) is 31.6 Å². The fourth-order valence-corrected chi connectivity index (χ4v) is 3.21. The minimum atomic E-state index is -0.268. The van der Waals surface area contributed by atoms with E-state index in [1.807, 2.05) is 0 Å². The highest BCUT2D eigenvalue weighted by Crippen LogP contribution is 2.18. The van der Waals surface area contributed by atoms with Crippen LogP contribution in [0.25, 0.3) is 0 Å². The van der Waals surface area contributed by atoms with Crippen molar-refractivity contribution in [1.82, 2.24) is 4.90 Å². The number of esters is 1. The molecule has 3 nitrogen and oxygen atoms in total. The molecule has 0 aliphatic carbocycles. The monoisotopic (exact) mass is 353 g/mol. The molecule has 0 aliphatic heterocycles. The fourth-order valence-electron chi connectivity index (χ4n) is 3.21. The molecule has 0 radical (unpaired) electrons. The summed E-state index contributed by atoms with van der Waals surface area (Å²) in [6.45, 7) is 18.1. The summed E-state index contributed by atoms with van der Waals surface area (Å²) in [5.41, 5.74) is 0.482. The Morgan fingerprint density at radius 2 is 1.44 bits per heavy atom. The molecule has 0 heterocycles. The summed E-state index contributed by atoms with van der Waals surface area (Å²) in [6, 6.07) is 0. The Bertz CT molecular complexity index is 336. The molecule has 0 saturated heterocycles. The van der Waals surface area contributed by atoms with E-state index < -0.39 is 0 Å². The Morgan fingerprint density at radius 1 is 0.960 bits per heavy atom. The molecule has 25 heavy (non-hydrogen) atoms. The van der Waals surface area contributed by atoms with E-state index in [0.29, 0.717) is 12.2 Å². The summed E-state index contributed by atoms with van der Waals surface area (Å²) < 4.78 is 5.35. The lowest BCUT2D eigenvalue weighted by Gasteiger charge is -2.30. The molecule has 0 aromatic carbocycles. The molecule has 0 amide bonds. The van der Waals surface area contributed by atoms with Crippen molar-refractivity contribution in [3.8, 4) is 0 Å². The second kappa shape index (κ2) is 15.4. The van der Waals surface area contributed by atoms with E-state index >= 15 is 0 Å². The third-order valence-electron chi connectivity index (χ3n) is 5.11. The lowest BCUT2D eigenvalue weighted by atomic mass is 9.96. The highest BCUT2D eigenvalue weighted by molar-refractivity contribution is 5.86. The van der Waals surface area contributed by atoms with Gasteiger partial charge in [0.15, 0.2) is 0 Å². The maximum atomic E-state index is 11.6. The molecule has 0 aromatic rings. The van der Waals surface area contributed by atoms with Crippen LogP contribution < -0.4 is 0 Å². The molecule has 2 atom stereocenters. The van der Waals surface area contributed by atoms with Gasteiger partial charge in [-0.15, -0.1) is 0 Å². The van der Waals surface area contributed by atoms with Gasteiger partial charge in [0, 0.05) is 25.2 Å². The largest absolute Gasteiger partial charge is 0.461 e. The van der Waals surface area contributed by atoms with E-state index in [9.17, 15) is 4.79 Å². The number of hydrogen-bond acceptors (Lipinski definition) is 3. The number of carbonyl (C=O) groups is 1. The van der Waals surface area contributed by atoms with Crippen molar-refractivity contribution in [2.75, 3.05) is 26.2 Å². The van der Waals surface area contributed by atoms with Crippen LogP contribution in [0.3, 0.4) is 0 Å². The van der Waals surface area contributed by atoms with Crippen molar-refractivity contribution < 1.29 is 9.53 Å². The molecule has 0 aliphatic rings. The summed E-state index contributed by atoms with van der Waals surface area (Å²) in [5, 5.41) is 0. The summed E-state index contributed by atoms with van der Waals surface area (Å²) in [4.78, 5) is 14.2. The normalized spacial score (nSPS) is 13.7. The maximum absolute atomic E-state index is 11.6. The molecule has 0 saturated carbocycles. The standard InChI is InChI=1S/C22H43NO2/c1-7-11-13-20(9-3)17-23(15-16-25-22(24)19(5)6)18-21(10-4)14-12-8-2/h20-21H,5,7-18H2,1-4,6H3. The number of nitrogens with zero attached hydrogens (tertiary/aromatic N) is 1. The summed E-state index contributed by atoms with van der Waals surface area (Å²) in [5.74, 6) is 1.23. The average molecular weight is 354 g/mol. The van der Waals surface area contributed by atoms with Gasteiger partial charge < -0.3 is 4.74 Å². The number of unbranched alkanes of at least 4 members (excludes halogenated alkanes) is 2. The molecule has 0 bridgehead atoms. The predicted molar refractivity (Wildman–Crippen MR) is 109 cm³/mol. The lowest BCUT2D eigenvalue weighted by molar-refractivity contribution is -0.139. The molecule has 0 N–H and O–H groups in total. The van der Waals surface area contributed by atoms with Crippen LogP contribution >= 0.6 is 0 Å². The van der Waals surface area contributed by atoms with Gasteiger partial charge in [0.2, 0.25) is 0 Å². The van der Waals surface area contributed by atoms with Crippen molar-refractivity contribution in [2.45, 2.75) is 86.0 Å². The number of hydrogen-bond donors (Lipinski definition) is 0. The number of carbonyl (C=O) groups excluding carboxylic acids is 1. The first-order chi connectivity index (χ1) is 12.0. The highest BCUT2D eigenvalue weighted by atomic mass is 16.5. The first kappa shape index (κ1) is 24.2. The molecule has 0 spiro atoms. The molecule has 0 fully saturated rings. The summed E-state index contributed by atoms with van der Waals surface area (Å²) >= 11 is 0. The zero-order valence-electron chi connectivity index (χ0n) is 17.6. The maximum Gasteiger partial charge on any atom is 0.333 e. The van der Waals surface area contributed by atoms with E-state index in [2.05, 4.69) is 39.2 Å². The van der Waals surface area contributed by atoms with Gasteiger partial charge in [-0.3, -0.25) is 4.90 Å². The topological polar surface area (TPSA) is 29.5 Å². The summed E-state index contributed by atoms with van der Waals surface area (Å²) in [6.07, 6.45) is 10.2. The van der Waals surface area contributed by atoms with Gasteiger partial charge in [0.05, 0.1) is 0 Å². The van der Waals surface area contributed by atoms with Crippen molar-refractivity contribution >= 4 is 5.97 Å². The van der Waals surface area contributed by atoms with Crippen molar-refractivity contribution in [3.05, 3.63) is 12.2 Å². The Hall–Kier alpha value is -0.830. The third kappa shape index (κ3) is 12.2.